The SMILES string of the molecule is Cn1nccc1[C@H]1CC2(CCN1[C@@H]1CCOc3cc(S(=O)(=O)Nc4ncns4)ccc31)CC2(F)F. The highest BCUT2D eigenvalue weighted by Crippen LogP contribution is 2.69. The molecule has 35 heavy (non-hydrogen) atoms. The van der Waals surface area contributed by atoms with Gasteiger partial charge in [0.15, 0.2) is 0 Å². The summed E-state index contributed by atoms with van der Waals surface area (Å²) in [5, 5.41) is 4.47. The molecule has 186 valence electrons. The fourth-order valence-electron chi connectivity index (χ4n) is 5.57. The number of alkyl halides is 2. The fourth-order valence-corrected chi connectivity index (χ4v) is 7.25. The summed E-state index contributed by atoms with van der Waals surface area (Å²) in [6, 6.07) is 6.42. The Kier molecular flexibility index (Phi) is 5.17. The van der Waals surface area contributed by atoms with Crippen molar-refractivity contribution in [1.29, 1.82) is 0 Å². The minimum Gasteiger partial charge on any atom is -0.493 e. The standard InChI is InChI=1S/C22H24F2N6O3S2/c1-29-17(4-7-26-29)18-11-21(12-22(21,23)24)6-8-30(18)16-5-9-33-19-10-14(2-3-15(16)19)35(31,32)28-20-25-13-27-34-20/h2-4,7,10,13,16,18H,5-6,8-9,11-12H2,1H3,(H,25,27,28)/t16-,18-,21?/m1/s1. The van der Waals surface area contributed by atoms with Crippen LogP contribution in [0.3, 0.4) is 0 Å². The summed E-state index contributed by atoms with van der Waals surface area (Å²) < 4.78 is 68.2. The molecule has 0 amide bonds. The Bertz CT molecular complexity index is 1360. The number of halogens is 2. The van der Waals surface area contributed by atoms with Crippen molar-refractivity contribution in [3.63, 3.8) is 0 Å². The molecule has 9 nitrogen and oxygen atoms in total. The lowest BCUT2D eigenvalue weighted by Gasteiger charge is -2.45. The van der Waals surface area contributed by atoms with E-state index in [0.29, 0.717) is 38.2 Å². The molecule has 3 aliphatic rings. The minimum atomic E-state index is -3.86. The van der Waals surface area contributed by atoms with Gasteiger partial charge in [-0.25, -0.2) is 22.2 Å². The lowest BCUT2D eigenvalue weighted by molar-refractivity contribution is -0.0156. The highest BCUT2D eigenvalue weighted by Gasteiger charge is 2.72. The number of ether oxygens (including phenoxy) is 1. The van der Waals surface area contributed by atoms with Gasteiger partial charge in [-0.15, -0.1) is 0 Å². The molecule has 13 heteroatoms. The molecule has 2 fully saturated rings. The van der Waals surface area contributed by atoms with Crippen molar-refractivity contribution in [3.8, 4) is 5.75 Å². The Morgan fingerprint density at radius 1 is 1.26 bits per heavy atom. The van der Waals surface area contributed by atoms with Crippen LogP contribution in [0, 0.1) is 5.41 Å². The largest absolute Gasteiger partial charge is 0.493 e. The monoisotopic (exact) mass is 522 g/mol. The van der Waals surface area contributed by atoms with E-state index in [1.54, 1.807) is 23.0 Å². The average Bonchev–Trinajstić information content (AvgIpc) is 3.24. The number of aromatic nitrogens is 4. The predicted octanol–water partition coefficient (Wildman–Crippen LogP) is 3.76. The van der Waals surface area contributed by atoms with Crippen molar-refractivity contribution in [2.45, 2.75) is 48.6 Å². The first-order valence-corrected chi connectivity index (χ1v) is 13.6. The summed E-state index contributed by atoms with van der Waals surface area (Å²) in [4.78, 5) is 6.20. The molecule has 6 rings (SSSR count). The Hall–Kier alpha value is -2.64. The van der Waals surface area contributed by atoms with Gasteiger partial charge in [0.2, 0.25) is 5.13 Å². The van der Waals surface area contributed by atoms with Crippen molar-refractivity contribution in [1.82, 2.24) is 24.0 Å². The molecule has 2 aromatic heterocycles. The van der Waals surface area contributed by atoms with Gasteiger partial charge in [0, 0.05) is 67.3 Å². The van der Waals surface area contributed by atoms with Crippen molar-refractivity contribution in [3.05, 3.63) is 48.0 Å². The van der Waals surface area contributed by atoms with Crippen LogP contribution in [0.25, 0.3) is 0 Å². The first-order chi connectivity index (χ1) is 16.7. The average molecular weight is 523 g/mol. The highest BCUT2D eigenvalue weighted by molar-refractivity contribution is 7.93. The number of hydrogen-bond donors (Lipinski definition) is 1. The second kappa shape index (κ2) is 7.93. The van der Waals surface area contributed by atoms with Gasteiger partial charge >= 0.3 is 0 Å². The lowest BCUT2D eigenvalue weighted by atomic mass is 9.83. The van der Waals surface area contributed by atoms with Crippen molar-refractivity contribution in [2.75, 3.05) is 17.9 Å². The summed E-state index contributed by atoms with van der Waals surface area (Å²) in [5.74, 6) is -2.13. The van der Waals surface area contributed by atoms with E-state index in [4.69, 9.17) is 4.74 Å². The number of nitrogens with zero attached hydrogens (tertiary/aromatic N) is 5. The van der Waals surface area contributed by atoms with E-state index in [1.807, 2.05) is 13.1 Å². The van der Waals surface area contributed by atoms with Gasteiger partial charge in [0.05, 0.1) is 23.2 Å². The van der Waals surface area contributed by atoms with Crippen LogP contribution < -0.4 is 9.46 Å². The van der Waals surface area contributed by atoms with Gasteiger partial charge in [-0.1, -0.05) is 6.07 Å². The number of benzene rings is 1. The Morgan fingerprint density at radius 3 is 2.77 bits per heavy atom. The van der Waals surface area contributed by atoms with Gasteiger partial charge in [-0.05, 0) is 25.0 Å². The first-order valence-electron chi connectivity index (χ1n) is 11.4. The molecule has 1 saturated carbocycles. The zero-order chi connectivity index (χ0) is 24.4. The van der Waals surface area contributed by atoms with E-state index in [1.165, 1.54) is 12.4 Å². The van der Waals surface area contributed by atoms with Crippen LogP contribution in [0.2, 0.25) is 0 Å². The molecule has 1 saturated heterocycles. The zero-order valence-electron chi connectivity index (χ0n) is 18.9. The summed E-state index contributed by atoms with van der Waals surface area (Å²) in [7, 11) is -2.03. The van der Waals surface area contributed by atoms with Gasteiger partial charge in [0.25, 0.3) is 15.9 Å². The lowest BCUT2D eigenvalue weighted by Crippen LogP contribution is -2.43. The molecule has 3 atom stereocenters. The molecular formula is C22H24F2N6O3S2. The van der Waals surface area contributed by atoms with E-state index in [2.05, 4.69) is 24.1 Å². The molecule has 3 aromatic rings. The maximum Gasteiger partial charge on any atom is 0.263 e. The van der Waals surface area contributed by atoms with Crippen molar-refractivity contribution < 1.29 is 21.9 Å². The number of likely N-dealkylation sites (tertiary alicyclic amines) is 1. The van der Waals surface area contributed by atoms with E-state index >= 15 is 0 Å². The van der Waals surface area contributed by atoms with E-state index in [-0.39, 0.29) is 28.5 Å². The molecular weight excluding hydrogens is 498 g/mol. The van der Waals surface area contributed by atoms with Crippen molar-refractivity contribution >= 4 is 26.7 Å². The molecule has 1 unspecified atom stereocenters. The Morgan fingerprint density at radius 2 is 2.09 bits per heavy atom. The molecule has 0 radical (unpaired) electrons. The third-order valence-corrected chi connectivity index (χ3v) is 9.58. The van der Waals surface area contributed by atoms with Crippen LogP contribution in [0.15, 0.2) is 41.7 Å². The second-order valence-corrected chi connectivity index (χ2v) is 11.9. The number of rotatable bonds is 5. The van der Waals surface area contributed by atoms with Gasteiger partial charge in [-0.3, -0.25) is 14.3 Å². The second-order valence-electron chi connectivity index (χ2n) is 9.45. The number of fused-ring (bicyclic) bond motifs is 1. The molecule has 0 bridgehead atoms. The summed E-state index contributed by atoms with van der Waals surface area (Å²) >= 11 is 0.947. The Balaban J connectivity index is 1.32. The molecule has 2 aliphatic heterocycles. The predicted molar refractivity (Wildman–Crippen MR) is 124 cm³/mol. The number of anilines is 1. The quantitative estimate of drug-likeness (QED) is 0.544. The molecule has 4 heterocycles. The van der Waals surface area contributed by atoms with Gasteiger partial charge in [0.1, 0.15) is 12.1 Å². The van der Waals surface area contributed by atoms with Crippen LogP contribution in [0.5, 0.6) is 5.75 Å². The molecule has 1 aliphatic carbocycles. The Labute approximate surface area is 205 Å². The summed E-state index contributed by atoms with van der Waals surface area (Å²) in [6.45, 7) is 0.926. The van der Waals surface area contributed by atoms with Crippen LogP contribution in [-0.4, -0.2) is 51.5 Å². The maximum atomic E-state index is 14.4. The molecule has 1 spiro atoms. The normalized spacial score (nSPS) is 27.9. The van der Waals surface area contributed by atoms with Gasteiger partial charge in [-0.2, -0.15) is 9.47 Å². The highest BCUT2D eigenvalue weighted by atomic mass is 32.2. The van der Waals surface area contributed by atoms with Crippen LogP contribution in [0.1, 0.15) is 49.0 Å². The molecule has 1 N–H and O–H groups in total. The summed E-state index contributed by atoms with van der Waals surface area (Å²) in [5.41, 5.74) is 0.817. The summed E-state index contributed by atoms with van der Waals surface area (Å²) in [6.07, 6.45) is 4.39. The topological polar surface area (TPSA) is 102 Å². The maximum absolute atomic E-state index is 14.4. The third kappa shape index (κ3) is 3.80. The fraction of sp³-hybridized carbons (Fsp3) is 0.500. The number of piperidine rings is 1. The number of aryl methyl sites for hydroxylation is 1. The van der Waals surface area contributed by atoms with Crippen LogP contribution >= 0.6 is 11.5 Å². The smallest absolute Gasteiger partial charge is 0.263 e. The van der Waals surface area contributed by atoms with Crippen LogP contribution in [0.4, 0.5) is 13.9 Å². The van der Waals surface area contributed by atoms with Crippen molar-refractivity contribution in [2.24, 2.45) is 12.5 Å². The number of sulfonamides is 1. The van der Waals surface area contributed by atoms with Crippen LogP contribution in [-0.2, 0) is 17.1 Å². The van der Waals surface area contributed by atoms with E-state index in [9.17, 15) is 17.2 Å². The first kappa shape index (κ1) is 22.8. The minimum absolute atomic E-state index is 0.0601. The van der Waals surface area contributed by atoms with E-state index < -0.39 is 21.4 Å². The number of nitrogens with one attached hydrogen (secondary N) is 1. The zero-order valence-corrected chi connectivity index (χ0v) is 20.5. The van der Waals surface area contributed by atoms with Gasteiger partial charge < -0.3 is 4.74 Å². The third-order valence-electron chi connectivity index (χ3n) is 7.53. The number of hydrogen-bond acceptors (Lipinski definition) is 8. The molecule has 1 aromatic carbocycles. The van der Waals surface area contributed by atoms with E-state index in [0.717, 1.165) is 22.8 Å².